The van der Waals surface area contributed by atoms with Gasteiger partial charge >= 0.3 is 0 Å². The molecule has 118 valence electrons. The van der Waals surface area contributed by atoms with E-state index in [0.717, 1.165) is 29.5 Å². The summed E-state index contributed by atoms with van der Waals surface area (Å²) in [6.07, 6.45) is 5.33. The number of hydrogen-bond acceptors (Lipinski definition) is 4. The Labute approximate surface area is 141 Å². The first-order valence-corrected chi connectivity index (χ1v) is 9.17. The lowest BCUT2D eigenvalue weighted by Gasteiger charge is -2.24. The highest BCUT2D eigenvalue weighted by Gasteiger charge is 2.24. The van der Waals surface area contributed by atoms with E-state index in [1.165, 1.54) is 34.4 Å². The summed E-state index contributed by atoms with van der Waals surface area (Å²) in [5, 5.41) is 1.28. The second kappa shape index (κ2) is 5.93. The van der Waals surface area contributed by atoms with Crippen LogP contribution in [-0.2, 0) is 12.8 Å². The van der Waals surface area contributed by atoms with Gasteiger partial charge < -0.3 is 4.90 Å². The van der Waals surface area contributed by atoms with Gasteiger partial charge in [-0.3, -0.25) is 0 Å². The van der Waals surface area contributed by atoms with Gasteiger partial charge in [-0.1, -0.05) is 25.1 Å². The zero-order valence-electron chi connectivity index (χ0n) is 13.6. The lowest BCUT2D eigenvalue weighted by molar-refractivity contribution is 0.509. The number of benzene rings is 1. The van der Waals surface area contributed by atoms with Crippen LogP contribution in [0, 0.1) is 5.92 Å². The first-order valence-electron chi connectivity index (χ1n) is 8.35. The van der Waals surface area contributed by atoms with Gasteiger partial charge in [-0.05, 0) is 49.8 Å². The molecule has 0 saturated heterocycles. The number of hydrogen-bond donors (Lipinski definition) is 0. The fourth-order valence-corrected chi connectivity index (χ4v) is 4.87. The fourth-order valence-electron chi connectivity index (χ4n) is 3.53. The molecule has 0 bridgehead atoms. The van der Waals surface area contributed by atoms with E-state index in [1.54, 1.807) is 6.33 Å². The maximum absolute atomic E-state index is 4.68. The molecule has 0 unspecified atom stereocenters. The quantitative estimate of drug-likeness (QED) is 0.681. The molecule has 1 aliphatic rings. The van der Waals surface area contributed by atoms with E-state index in [2.05, 4.69) is 59.0 Å². The highest BCUT2D eigenvalue weighted by molar-refractivity contribution is 7.19. The zero-order chi connectivity index (χ0) is 15.8. The predicted molar refractivity (Wildman–Crippen MR) is 97.7 cm³/mol. The van der Waals surface area contributed by atoms with Crippen molar-refractivity contribution in [2.24, 2.45) is 5.92 Å². The molecule has 1 atom stereocenters. The molecule has 3 nitrogen and oxygen atoms in total. The Hall–Kier alpha value is -1.94. The van der Waals surface area contributed by atoms with Gasteiger partial charge in [0.2, 0.25) is 0 Å². The Balaban J connectivity index is 1.90. The van der Waals surface area contributed by atoms with Crippen LogP contribution in [0.1, 0.15) is 30.7 Å². The topological polar surface area (TPSA) is 29.0 Å². The van der Waals surface area contributed by atoms with Crippen LogP contribution in [-0.4, -0.2) is 16.5 Å². The average molecular weight is 323 g/mol. The molecule has 0 spiro atoms. The lowest BCUT2D eigenvalue weighted by atomic mass is 9.89. The predicted octanol–water partition coefficient (Wildman–Crippen LogP) is 4.97. The van der Waals surface area contributed by atoms with Gasteiger partial charge in [0.15, 0.2) is 0 Å². The van der Waals surface area contributed by atoms with Crippen LogP contribution in [0.25, 0.3) is 10.2 Å². The van der Waals surface area contributed by atoms with E-state index in [4.69, 9.17) is 0 Å². The van der Waals surface area contributed by atoms with E-state index in [-0.39, 0.29) is 0 Å². The SMILES string of the molecule is CCN(c1ccccc1)c1ncnc2sc3c(c12)CC[C@@H](C)C3. The van der Waals surface area contributed by atoms with Gasteiger partial charge in [-0.2, -0.15) is 0 Å². The molecule has 0 aliphatic heterocycles. The van der Waals surface area contributed by atoms with Crippen LogP contribution in [0.15, 0.2) is 36.7 Å². The second-order valence-electron chi connectivity index (χ2n) is 6.31. The molecule has 1 aliphatic carbocycles. The summed E-state index contributed by atoms with van der Waals surface area (Å²) in [6.45, 7) is 5.43. The van der Waals surface area contributed by atoms with Crippen molar-refractivity contribution in [3.63, 3.8) is 0 Å². The van der Waals surface area contributed by atoms with Gasteiger partial charge in [-0.25, -0.2) is 9.97 Å². The van der Waals surface area contributed by atoms with Gasteiger partial charge in [-0.15, -0.1) is 11.3 Å². The molecule has 0 N–H and O–H groups in total. The van der Waals surface area contributed by atoms with Crippen molar-refractivity contribution in [1.29, 1.82) is 0 Å². The summed E-state index contributed by atoms with van der Waals surface area (Å²) in [6, 6.07) is 10.5. The van der Waals surface area contributed by atoms with Crippen molar-refractivity contribution < 1.29 is 0 Å². The monoisotopic (exact) mass is 323 g/mol. The van der Waals surface area contributed by atoms with E-state index in [0.29, 0.717) is 0 Å². The van der Waals surface area contributed by atoms with Crippen molar-refractivity contribution in [3.8, 4) is 0 Å². The first kappa shape index (κ1) is 14.6. The number of anilines is 2. The number of fused-ring (bicyclic) bond motifs is 3. The van der Waals surface area contributed by atoms with Gasteiger partial charge in [0, 0.05) is 17.1 Å². The van der Waals surface area contributed by atoms with Crippen LogP contribution in [0.3, 0.4) is 0 Å². The molecule has 1 aromatic carbocycles. The van der Waals surface area contributed by atoms with Crippen LogP contribution >= 0.6 is 11.3 Å². The smallest absolute Gasteiger partial charge is 0.145 e. The molecule has 2 heterocycles. The summed E-state index contributed by atoms with van der Waals surface area (Å²) in [5.41, 5.74) is 2.69. The molecule has 0 saturated carbocycles. The van der Waals surface area contributed by atoms with Crippen molar-refractivity contribution in [2.75, 3.05) is 11.4 Å². The third kappa shape index (κ3) is 2.51. The molecule has 0 radical (unpaired) electrons. The Morgan fingerprint density at radius 2 is 2.04 bits per heavy atom. The second-order valence-corrected chi connectivity index (χ2v) is 7.39. The molecule has 2 aromatic heterocycles. The third-order valence-electron chi connectivity index (χ3n) is 4.71. The van der Waals surface area contributed by atoms with Crippen LogP contribution in [0.4, 0.5) is 11.5 Å². The molecular weight excluding hydrogens is 302 g/mol. The lowest BCUT2D eigenvalue weighted by Crippen LogP contribution is -2.18. The minimum Gasteiger partial charge on any atom is -0.326 e. The number of nitrogens with zero attached hydrogens (tertiary/aromatic N) is 3. The minimum atomic E-state index is 0.781. The molecule has 3 aromatic rings. The van der Waals surface area contributed by atoms with Crippen molar-refractivity contribution in [3.05, 3.63) is 47.1 Å². The standard InChI is InChI=1S/C19H21N3S/c1-3-22(14-7-5-4-6-8-14)18-17-15-10-9-13(2)11-16(15)23-19(17)21-12-20-18/h4-8,12-13H,3,9-11H2,1-2H3/t13-/m1/s1. The molecule has 0 amide bonds. The molecule has 4 rings (SSSR count). The van der Waals surface area contributed by atoms with Gasteiger partial charge in [0.1, 0.15) is 17.0 Å². The van der Waals surface area contributed by atoms with Crippen LogP contribution in [0.5, 0.6) is 0 Å². The minimum absolute atomic E-state index is 0.781. The number of aryl methyl sites for hydroxylation is 1. The van der Waals surface area contributed by atoms with Crippen LogP contribution in [0.2, 0.25) is 0 Å². The van der Waals surface area contributed by atoms with E-state index in [9.17, 15) is 0 Å². The van der Waals surface area contributed by atoms with E-state index >= 15 is 0 Å². The molecule has 4 heteroatoms. The Kier molecular flexibility index (Phi) is 3.77. The summed E-state index contributed by atoms with van der Waals surface area (Å²) in [5.74, 6) is 1.85. The van der Waals surface area contributed by atoms with E-state index < -0.39 is 0 Å². The average Bonchev–Trinajstić information content (AvgIpc) is 2.94. The van der Waals surface area contributed by atoms with Crippen molar-refractivity contribution in [2.45, 2.75) is 33.1 Å². The zero-order valence-corrected chi connectivity index (χ0v) is 14.4. The number of para-hydroxylation sites is 1. The maximum atomic E-state index is 4.68. The summed E-state index contributed by atoms with van der Waals surface area (Å²) in [7, 11) is 0. The van der Waals surface area contributed by atoms with Crippen LogP contribution < -0.4 is 4.90 Å². The Morgan fingerprint density at radius 1 is 1.22 bits per heavy atom. The summed E-state index contributed by atoms with van der Waals surface area (Å²) >= 11 is 1.86. The Bertz CT molecular complexity index is 825. The number of thiophene rings is 1. The first-order chi connectivity index (χ1) is 11.3. The number of rotatable bonds is 3. The largest absolute Gasteiger partial charge is 0.326 e. The number of aromatic nitrogens is 2. The summed E-state index contributed by atoms with van der Waals surface area (Å²) in [4.78, 5) is 14.2. The fraction of sp³-hybridized carbons (Fsp3) is 0.368. The third-order valence-corrected chi connectivity index (χ3v) is 5.87. The van der Waals surface area contributed by atoms with Gasteiger partial charge in [0.05, 0.1) is 5.39 Å². The normalized spacial score (nSPS) is 17.2. The summed E-state index contributed by atoms with van der Waals surface area (Å²) < 4.78 is 0. The van der Waals surface area contributed by atoms with Gasteiger partial charge in [0.25, 0.3) is 0 Å². The maximum Gasteiger partial charge on any atom is 0.145 e. The molecule has 23 heavy (non-hydrogen) atoms. The molecule has 0 fully saturated rings. The molecular formula is C19H21N3S. The highest BCUT2D eigenvalue weighted by Crippen LogP contribution is 2.41. The van der Waals surface area contributed by atoms with E-state index in [1.807, 2.05) is 11.3 Å². The van der Waals surface area contributed by atoms with Crippen molar-refractivity contribution in [1.82, 2.24) is 9.97 Å². The Morgan fingerprint density at radius 3 is 2.83 bits per heavy atom. The van der Waals surface area contributed by atoms with Crippen molar-refractivity contribution >= 4 is 33.1 Å². The highest BCUT2D eigenvalue weighted by atomic mass is 32.1.